The molecule has 6 nitrogen and oxygen atoms in total. The highest BCUT2D eigenvalue weighted by atomic mass is 28.4. The SMILES string of the molecule is C[Si](C)(C)O.C[Si](C)(C)O.C[Si](C)(C)O.C[Si](C)(O)CCCOCC1CO1. The summed E-state index contributed by atoms with van der Waals surface area (Å²) in [6.07, 6.45) is 1.34. The second-order valence-corrected chi connectivity index (χ2v) is 27.6. The topological polar surface area (TPSA) is 103 Å². The summed E-state index contributed by atoms with van der Waals surface area (Å²) in [5.74, 6) is 0. The summed E-state index contributed by atoms with van der Waals surface area (Å²) in [6.45, 7) is 23.2. The minimum absolute atomic E-state index is 0.365. The van der Waals surface area contributed by atoms with Crippen LogP contribution < -0.4 is 0 Å². The maximum atomic E-state index is 9.50. The Labute approximate surface area is 172 Å². The van der Waals surface area contributed by atoms with Gasteiger partial charge in [-0.15, -0.1) is 0 Å². The molecule has 1 atom stereocenters. The molecule has 1 unspecified atom stereocenters. The van der Waals surface area contributed by atoms with Crippen LogP contribution in [-0.2, 0) is 9.47 Å². The molecule has 10 heteroatoms. The van der Waals surface area contributed by atoms with Crippen LogP contribution in [0.2, 0.25) is 78.1 Å². The van der Waals surface area contributed by atoms with E-state index in [1.165, 1.54) is 0 Å². The molecule has 1 heterocycles. The van der Waals surface area contributed by atoms with E-state index in [0.29, 0.717) is 6.10 Å². The Morgan fingerprint density at radius 3 is 1.26 bits per heavy atom. The van der Waals surface area contributed by atoms with Gasteiger partial charge in [0.2, 0.25) is 0 Å². The first kappa shape index (κ1) is 32.3. The van der Waals surface area contributed by atoms with Crippen LogP contribution in [0.5, 0.6) is 0 Å². The van der Waals surface area contributed by atoms with Gasteiger partial charge in [0.05, 0.1) is 13.2 Å². The van der Waals surface area contributed by atoms with Gasteiger partial charge in [-0.3, -0.25) is 0 Å². The lowest BCUT2D eigenvalue weighted by Crippen LogP contribution is -2.24. The van der Waals surface area contributed by atoms with Gasteiger partial charge >= 0.3 is 0 Å². The first-order valence-corrected chi connectivity index (χ1v) is 23.2. The largest absolute Gasteiger partial charge is 0.433 e. The molecule has 1 rings (SSSR count). The molecule has 168 valence electrons. The van der Waals surface area contributed by atoms with Gasteiger partial charge in [0, 0.05) is 6.61 Å². The molecule has 0 aromatic carbocycles. The number of ether oxygens (including phenoxy) is 2. The zero-order chi connectivity index (χ0) is 22.5. The maximum absolute atomic E-state index is 9.50. The fourth-order valence-electron chi connectivity index (χ4n) is 0.986. The average molecular weight is 461 g/mol. The van der Waals surface area contributed by atoms with Crippen molar-refractivity contribution in [3.8, 4) is 0 Å². The van der Waals surface area contributed by atoms with E-state index in [9.17, 15) is 4.80 Å². The van der Waals surface area contributed by atoms with Gasteiger partial charge in [0.15, 0.2) is 33.3 Å². The van der Waals surface area contributed by atoms with Gasteiger partial charge in [0.1, 0.15) is 6.10 Å². The summed E-state index contributed by atoms with van der Waals surface area (Å²) >= 11 is 0. The second-order valence-electron chi connectivity index (χ2n) is 10.5. The van der Waals surface area contributed by atoms with Crippen LogP contribution in [0.25, 0.3) is 0 Å². The number of hydrogen-bond donors (Lipinski definition) is 4. The van der Waals surface area contributed by atoms with E-state index in [2.05, 4.69) is 0 Å². The van der Waals surface area contributed by atoms with Gasteiger partial charge in [-0.25, -0.2) is 0 Å². The minimum Gasteiger partial charge on any atom is -0.433 e. The Morgan fingerprint density at radius 1 is 0.741 bits per heavy atom. The zero-order valence-corrected chi connectivity index (χ0v) is 23.7. The molecule has 0 saturated carbocycles. The highest BCUT2D eigenvalue weighted by Crippen LogP contribution is 2.10. The molecule has 4 N–H and O–H groups in total. The third-order valence-electron chi connectivity index (χ3n) is 1.78. The standard InChI is InChI=1S/C8H18O3Si.3C3H10OSi/c1-12(2,9)5-3-4-10-6-8-7-11-8;3*1-5(2,3)4/h8-9H,3-7H2,1-2H3;3*4H,1-3H3. The fraction of sp³-hybridized carbons (Fsp3) is 1.00. The molecule has 0 spiro atoms. The number of hydrogen-bond acceptors (Lipinski definition) is 6. The predicted molar refractivity (Wildman–Crippen MR) is 126 cm³/mol. The van der Waals surface area contributed by atoms with Crippen LogP contribution in [0.15, 0.2) is 0 Å². The minimum atomic E-state index is -1.83. The first-order chi connectivity index (χ1) is 11.6. The van der Waals surface area contributed by atoms with E-state index in [1.807, 2.05) is 72.0 Å². The lowest BCUT2D eigenvalue weighted by molar-refractivity contribution is 0.116. The van der Waals surface area contributed by atoms with E-state index in [1.54, 1.807) is 0 Å². The molecule has 0 radical (unpaired) electrons. The molecule has 27 heavy (non-hydrogen) atoms. The van der Waals surface area contributed by atoms with Gasteiger partial charge in [0.25, 0.3) is 0 Å². The lowest BCUT2D eigenvalue weighted by Gasteiger charge is -2.12. The molecular weight excluding hydrogens is 413 g/mol. The van der Waals surface area contributed by atoms with Crippen molar-refractivity contribution in [2.45, 2.75) is 90.6 Å². The molecule has 1 saturated heterocycles. The summed E-state index contributed by atoms with van der Waals surface area (Å²) in [5, 5.41) is 0. The van der Waals surface area contributed by atoms with Crippen molar-refractivity contribution < 1.29 is 28.7 Å². The first-order valence-electron chi connectivity index (χ1n) is 9.67. The normalized spacial score (nSPS) is 16.8. The molecular formula is C17H48O6Si4. The fourth-order valence-corrected chi connectivity index (χ4v) is 2.00. The molecule has 0 aromatic heterocycles. The van der Waals surface area contributed by atoms with Crippen LogP contribution in [0, 0.1) is 0 Å². The zero-order valence-electron chi connectivity index (χ0n) is 19.7. The highest BCUT2D eigenvalue weighted by Gasteiger charge is 2.22. The van der Waals surface area contributed by atoms with Crippen molar-refractivity contribution in [1.29, 1.82) is 0 Å². The van der Waals surface area contributed by atoms with Crippen LogP contribution in [0.3, 0.4) is 0 Å². The van der Waals surface area contributed by atoms with E-state index >= 15 is 0 Å². The van der Waals surface area contributed by atoms with E-state index in [-0.39, 0.29) is 0 Å². The number of rotatable bonds is 6. The number of epoxide rings is 1. The maximum Gasteiger partial charge on any atom is 0.182 e. The van der Waals surface area contributed by atoms with Crippen molar-refractivity contribution >= 4 is 33.3 Å². The smallest absolute Gasteiger partial charge is 0.182 e. The predicted octanol–water partition coefficient (Wildman–Crippen LogP) is 3.43. The van der Waals surface area contributed by atoms with Crippen molar-refractivity contribution in [3.63, 3.8) is 0 Å². The lowest BCUT2D eigenvalue weighted by atomic mass is 10.5. The monoisotopic (exact) mass is 460 g/mol. The highest BCUT2D eigenvalue weighted by molar-refractivity contribution is 6.70. The second kappa shape index (κ2) is 14.6. The molecule has 1 aliphatic rings. The van der Waals surface area contributed by atoms with Gasteiger partial charge < -0.3 is 28.7 Å². The molecule has 1 aliphatic heterocycles. The van der Waals surface area contributed by atoms with Gasteiger partial charge in [-0.05, 0) is 84.5 Å². The molecule has 0 amide bonds. The Morgan fingerprint density at radius 2 is 1.04 bits per heavy atom. The van der Waals surface area contributed by atoms with Crippen LogP contribution in [0.1, 0.15) is 6.42 Å². The quantitative estimate of drug-likeness (QED) is 0.275. The van der Waals surface area contributed by atoms with Gasteiger partial charge in [-0.2, -0.15) is 0 Å². The Bertz CT molecular complexity index is 293. The Hall–Kier alpha value is 0.628. The Kier molecular flexibility index (Phi) is 17.4. The summed E-state index contributed by atoms with van der Waals surface area (Å²) < 4.78 is 10.3. The third-order valence-corrected chi connectivity index (χ3v) is 3.36. The van der Waals surface area contributed by atoms with Crippen LogP contribution in [0.4, 0.5) is 0 Å². The summed E-state index contributed by atoms with van der Waals surface area (Å²) in [5.41, 5.74) is 0. The van der Waals surface area contributed by atoms with E-state index < -0.39 is 33.3 Å². The Balaban J connectivity index is -0.000000323. The van der Waals surface area contributed by atoms with Crippen LogP contribution >= 0.6 is 0 Å². The average Bonchev–Trinajstić information content (AvgIpc) is 3.03. The van der Waals surface area contributed by atoms with Crippen molar-refractivity contribution in [2.24, 2.45) is 0 Å². The summed E-state index contributed by atoms with van der Waals surface area (Å²) in [4.78, 5) is 35.5. The van der Waals surface area contributed by atoms with Crippen molar-refractivity contribution in [3.05, 3.63) is 0 Å². The van der Waals surface area contributed by atoms with E-state index in [4.69, 9.17) is 23.9 Å². The van der Waals surface area contributed by atoms with Crippen molar-refractivity contribution in [2.75, 3.05) is 19.8 Å². The summed E-state index contributed by atoms with van der Waals surface area (Å²) in [6, 6.07) is 0.929. The molecule has 0 aromatic rings. The third kappa shape index (κ3) is 101. The van der Waals surface area contributed by atoms with Gasteiger partial charge in [-0.1, -0.05) is 0 Å². The van der Waals surface area contributed by atoms with Crippen molar-refractivity contribution in [1.82, 2.24) is 0 Å². The molecule has 0 aliphatic carbocycles. The summed E-state index contributed by atoms with van der Waals surface area (Å²) in [7, 11) is -6.66. The molecule has 0 bridgehead atoms. The van der Waals surface area contributed by atoms with Crippen LogP contribution in [-0.4, -0.2) is 78.4 Å². The van der Waals surface area contributed by atoms with E-state index in [0.717, 1.165) is 32.3 Å². The molecule has 1 fully saturated rings.